The number of halogens is 1. The fourth-order valence-corrected chi connectivity index (χ4v) is 2.76. The number of benzene rings is 1. The highest BCUT2D eigenvalue weighted by Gasteiger charge is 2.39. The summed E-state index contributed by atoms with van der Waals surface area (Å²) < 4.78 is 12.9. The molecule has 1 aliphatic heterocycles. The maximum Gasteiger partial charge on any atom is 0.243 e. The van der Waals surface area contributed by atoms with Crippen molar-refractivity contribution in [2.75, 3.05) is 6.54 Å². The van der Waals surface area contributed by atoms with Gasteiger partial charge in [-0.05, 0) is 36.0 Å². The van der Waals surface area contributed by atoms with Crippen LogP contribution in [0.15, 0.2) is 24.3 Å². The van der Waals surface area contributed by atoms with E-state index in [0.29, 0.717) is 19.5 Å². The Morgan fingerprint density at radius 2 is 1.96 bits per heavy atom. The normalized spacial score (nSPS) is 19.2. The SMILES string of the molecule is CC(C)(C)C(N)C(=O)N1CCCC1C(=O)NCc1ccc(F)cc1. The van der Waals surface area contributed by atoms with E-state index in [-0.39, 0.29) is 23.0 Å². The van der Waals surface area contributed by atoms with Crippen molar-refractivity contribution in [3.8, 4) is 0 Å². The molecular weight excluding hydrogens is 309 g/mol. The Morgan fingerprint density at radius 1 is 1.33 bits per heavy atom. The molecule has 2 atom stereocenters. The number of hydrogen-bond donors (Lipinski definition) is 2. The predicted molar refractivity (Wildman–Crippen MR) is 90.4 cm³/mol. The third kappa shape index (κ3) is 4.32. The molecule has 1 saturated heterocycles. The zero-order valence-electron chi connectivity index (χ0n) is 14.5. The molecule has 1 aliphatic rings. The van der Waals surface area contributed by atoms with Gasteiger partial charge in [0.15, 0.2) is 0 Å². The van der Waals surface area contributed by atoms with Gasteiger partial charge in [-0.1, -0.05) is 32.9 Å². The van der Waals surface area contributed by atoms with E-state index in [2.05, 4.69) is 5.32 Å². The average molecular weight is 335 g/mol. The number of carbonyl (C=O) groups is 2. The molecule has 132 valence electrons. The van der Waals surface area contributed by atoms with Crippen LogP contribution in [0.1, 0.15) is 39.2 Å². The molecule has 5 nitrogen and oxygen atoms in total. The first kappa shape index (κ1) is 18.4. The van der Waals surface area contributed by atoms with Crippen molar-refractivity contribution < 1.29 is 14.0 Å². The van der Waals surface area contributed by atoms with Gasteiger partial charge in [0.2, 0.25) is 11.8 Å². The quantitative estimate of drug-likeness (QED) is 0.881. The Kier molecular flexibility index (Phi) is 5.59. The lowest BCUT2D eigenvalue weighted by Gasteiger charge is -2.32. The number of rotatable bonds is 4. The van der Waals surface area contributed by atoms with Crippen LogP contribution < -0.4 is 11.1 Å². The molecule has 0 spiro atoms. The molecule has 0 aromatic heterocycles. The van der Waals surface area contributed by atoms with Crippen molar-refractivity contribution >= 4 is 11.8 Å². The number of hydrogen-bond acceptors (Lipinski definition) is 3. The number of nitrogens with one attached hydrogen (secondary N) is 1. The molecule has 3 N–H and O–H groups in total. The van der Waals surface area contributed by atoms with Crippen molar-refractivity contribution in [1.82, 2.24) is 10.2 Å². The van der Waals surface area contributed by atoms with Gasteiger partial charge in [0, 0.05) is 13.1 Å². The van der Waals surface area contributed by atoms with Gasteiger partial charge in [-0.2, -0.15) is 0 Å². The van der Waals surface area contributed by atoms with Crippen molar-refractivity contribution in [3.63, 3.8) is 0 Å². The number of nitrogens with zero attached hydrogens (tertiary/aromatic N) is 1. The van der Waals surface area contributed by atoms with Crippen molar-refractivity contribution in [1.29, 1.82) is 0 Å². The van der Waals surface area contributed by atoms with Crippen LogP contribution in [0, 0.1) is 11.2 Å². The zero-order valence-corrected chi connectivity index (χ0v) is 14.5. The van der Waals surface area contributed by atoms with Gasteiger partial charge in [0.1, 0.15) is 11.9 Å². The lowest BCUT2D eigenvalue weighted by molar-refractivity contribution is -0.141. The largest absolute Gasteiger partial charge is 0.350 e. The second kappa shape index (κ2) is 7.30. The van der Waals surface area contributed by atoms with Crippen molar-refractivity contribution in [2.45, 2.75) is 52.2 Å². The molecule has 2 unspecified atom stereocenters. The second-order valence-electron chi connectivity index (χ2n) is 7.38. The first-order valence-corrected chi connectivity index (χ1v) is 8.28. The van der Waals surface area contributed by atoms with Crippen LogP contribution >= 0.6 is 0 Å². The van der Waals surface area contributed by atoms with Crippen LogP contribution in [0.4, 0.5) is 4.39 Å². The fourth-order valence-electron chi connectivity index (χ4n) is 2.76. The number of carbonyl (C=O) groups excluding carboxylic acids is 2. The van der Waals surface area contributed by atoms with E-state index >= 15 is 0 Å². The topological polar surface area (TPSA) is 75.4 Å². The summed E-state index contributed by atoms with van der Waals surface area (Å²) in [5.74, 6) is -0.679. The molecule has 1 fully saturated rings. The van der Waals surface area contributed by atoms with E-state index < -0.39 is 12.1 Å². The Morgan fingerprint density at radius 3 is 2.54 bits per heavy atom. The zero-order chi connectivity index (χ0) is 17.9. The molecule has 6 heteroatoms. The van der Waals surface area contributed by atoms with Crippen LogP contribution in [0.5, 0.6) is 0 Å². The summed E-state index contributed by atoms with van der Waals surface area (Å²) in [6.07, 6.45) is 1.43. The first-order valence-electron chi connectivity index (χ1n) is 8.28. The average Bonchev–Trinajstić information content (AvgIpc) is 3.01. The third-order valence-corrected chi connectivity index (χ3v) is 4.42. The molecule has 24 heavy (non-hydrogen) atoms. The van der Waals surface area contributed by atoms with Crippen molar-refractivity contribution in [3.05, 3.63) is 35.6 Å². The highest BCUT2D eigenvalue weighted by Crippen LogP contribution is 2.24. The molecule has 0 aliphatic carbocycles. The van der Waals surface area contributed by atoms with Gasteiger partial charge in [0.25, 0.3) is 0 Å². The standard InChI is InChI=1S/C18H26FN3O2/c1-18(2,3)15(20)17(24)22-10-4-5-14(22)16(23)21-11-12-6-8-13(19)9-7-12/h6-9,14-15H,4-5,10-11,20H2,1-3H3,(H,21,23). The highest BCUT2D eigenvalue weighted by atomic mass is 19.1. The Hall–Kier alpha value is -1.95. The lowest BCUT2D eigenvalue weighted by atomic mass is 9.86. The van der Waals surface area contributed by atoms with Crippen LogP contribution in [0.25, 0.3) is 0 Å². The molecule has 0 saturated carbocycles. The number of nitrogens with two attached hydrogens (primary N) is 1. The van der Waals surface area contributed by atoms with E-state index in [1.165, 1.54) is 12.1 Å². The predicted octanol–water partition coefficient (Wildman–Crippen LogP) is 1.81. The van der Waals surface area contributed by atoms with Gasteiger partial charge in [-0.25, -0.2) is 4.39 Å². The Bertz CT molecular complexity index is 595. The molecule has 1 aromatic rings. The summed E-state index contributed by atoms with van der Waals surface area (Å²) in [4.78, 5) is 26.6. The molecule has 0 radical (unpaired) electrons. The van der Waals surface area contributed by atoms with Crippen LogP contribution in [0.3, 0.4) is 0 Å². The maximum atomic E-state index is 12.9. The van der Waals surface area contributed by atoms with Gasteiger partial charge in [-0.15, -0.1) is 0 Å². The molecule has 0 bridgehead atoms. The summed E-state index contributed by atoms with van der Waals surface area (Å²) in [5, 5.41) is 2.83. The van der Waals surface area contributed by atoms with E-state index in [9.17, 15) is 14.0 Å². The Balaban J connectivity index is 1.97. The van der Waals surface area contributed by atoms with Gasteiger partial charge >= 0.3 is 0 Å². The lowest BCUT2D eigenvalue weighted by Crippen LogP contribution is -2.54. The molecule has 1 heterocycles. The summed E-state index contributed by atoms with van der Waals surface area (Å²) >= 11 is 0. The molecule has 2 amide bonds. The molecular formula is C18H26FN3O2. The second-order valence-corrected chi connectivity index (χ2v) is 7.38. The van der Waals surface area contributed by atoms with Gasteiger partial charge in [-0.3, -0.25) is 9.59 Å². The maximum absolute atomic E-state index is 12.9. The molecule has 1 aromatic carbocycles. The van der Waals surface area contributed by atoms with Gasteiger partial charge in [0.05, 0.1) is 6.04 Å². The summed E-state index contributed by atoms with van der Waals surface area (Å²) in [6, 6.07) is 4.85. The fraction of sp³-hybridized carbons (Fsp3) is 0.556. The minimum Gasteiger partial charge on any atom is -0.350 e. The molecule has 2 rings (SSSR count). The monoisotopic (exact) mass is 335 g/mol. The minimum atomic E-state index is -0.636. The number of likely N-dealkylation sites (tertiary alicyclic amines) is 1. The van der Waals surface area contributed by atoms with E-state index in [1.807, 2.05) is 20.8 Å². The van der Waals surface area contributed by atoms with Crippen LogP contribution in [-0.4, -0.2) is 35.3 Å². The van der Waals surface area contributed by atoms with E-state index in [1.54, 1.807) is 17.0 Å². The van der Waals surface area contributed by atoms with E-state index in [0.717, 1.165) is 12.0 Å². The van der Waals surface area contributed by atoms with Gasteiger partial charge < -0.3 is 16.0 Å². The van der Waals surface area contributed by atoms with E-state index in [4.69, 9.17) is 5.73 Å². The van der Waals surface area contributed by atoms with Crippen LogP contribution in [-0.2, 0) is 16.1 Å². The first-order chi connectivity index (χ1) is 11.2. The summed E-state index contributed by atoms with van der Waals surface area (Å²) in [7, 11) is 0. The third-order valence-electron chi connectivity index (χ3n) is 4.42. The highest BCUT2D eigenvalue weighted by molar-refractivity contribution is 5.90. The summed E-state index contributed by atoms with van der Waals surface area (Å²) in [6.45, 7) is 6.60. The van der Waals surface area contributed by atoms with Crippen LogP contribution in [0.2, 0.25) is 0 Å². The minimum absolute atomic E-state index is 0.179. The smallest absolute Gasteiger partial charge is 0.243 e. The summed E-state index contributed by atoms with van der Waals surface area (Å²) in [5.41, 5.74) is 6.52. The Labute approximate surface area is 142 Å². The van der Waals surface area contributed by atoms with Crippen molar-refractivity contribution in [2.24, 2.45) is 11.1 Å². The number of amides is 2.